The molecule has 0 atom stereocenters. The average Bonchev–Trinajstić information content (AvgIpc) is 2.89. The summed E-state index contributed by atoms with van der Waals surface area (Å²) in [6.45, 7) is 1.83. The number of aryl methyl sites for hydroxylation is 1. The Bertz CT molecular complexity index is 670. The number of carbonyl (C=O) groups excluding carboxylic acids is 1. The molecule has 9 heteroatoms. The molecule has 0 spiro atoms. The zero-order chi connectivity index (χ0) is 14.7. The number of nitro groups is 1. The monoisotopic (exact) mass is 294 g/mol. The van der Waals surface area contributed by atoms with Crippen molar-refractivity contribution in [1.29, 1.82) is 0 Å². The van der Waals surface area contributed by atoms with Crippen LogP contribution in [0.4, 0.5) is 11.4 Å². The number of carbonyl (C=O) groups is 1. The topological polar surface area (TPSA) is 118 Å². The van der Waals surface area contributed by atoms with Crippen LogP contribution >= 0.6 is 11.5 Å². The highest BCUT2D eigenvalue weighted by molar-refractivity contribution is 7.08. The first-order valence-electron chi connectivity index (χ1n) is 5.63. The van der Waals surface area contributed by atoms with E-state index in [1.807, 2.05) is 6.92 Å². The minimum atomic E-state index is -0.610. The summed E-state index contributed by atoms with van der Waals surface area (Å²) in [5.74, 6) is -0.757. The molecule has 0 unspecified atom stereocenters. The number of benzene rings is 1. The largest absolute Gasteiger partial charge is 0.506 e. The number of hydrogen-bond acceptors (Lipinski definition) is 7. The number of nitrogens with zero attached hydrogens (tertiary/aromatic N) is 3. The van der Waals surface area contributed by atoms with Crippen molar-refractivity contribution in [3.63, 3.8) is 0 Å². The molecule has 0 aliphatic carbocycles. The molecule has 0 fully saturated rings. The van der Waals surface area contributed by atoms with Crippen LogP contribution in [0.15, 0.2) is 18.2 Å². The standard InChI is InChI=1S/C11H10N4O4S/c1-2-7-10(20-14-13-7)11(17)12-8-5-6(15(18)19)3-4-9(8)16/h3-5,16H,2H2,1H3,(H,12,17). The molecule has 2 N–H and O–H groups in total. The van der Waals surface area contributed by atoms with Gasteiger partial charge in [0.15, 0.2) is 0 Å². The van der Waals surface area contributed by atoms with Crippen LogP contribution in [-0.4, -0.2) is 25.5 Å². The fourth-order valence-electron chi connectivity index (χ4n) is 1.53. The fraction of sp³-hybridized carbons (Fsp3) is 0.182. The smallest absolute Gasteiger partial charge is 0.271 e. The summed E-state index contributed by atoms with van der Waals surface area (Å²) < 4.78 is 3.68. The Hall–Kier alpha value is -2.55. The number of non-ortho nitro benzene ring substituents is 1. The predicted octanol–water partition coefficient (Wildman–Crippen LogP) is 1.97. The molecular weight excluding hydrogens is 284 g/mol. The number of aromatic hydroxyl groups is 1. The van der Waals surface area contributed by atoms with Crippen LogP contribution < -0.4 is 5.32 Å². The summed E-state index contributed by atoms with van der Waals surface area (Å²) in [5, 5.41) is 26.5. The SMILES string of the molecule is CCc1nnsc1C(=O)Nc1cc([N+](=O)[O-])ccc1O. The van der Waals surface area contributed by atoms with Crippen LogP contribution in [0.1, 0.15) is 22.3 Å². The van der Waals surface area contributed by atoms with Crippen LogP contribution in [0, 0.1) is 10.1 Å². The maximum absolute atomic E-state index is 12.0. The quantitative estimate of drug-likeness (QED) is 0.505. The summed E-state index contributed by atoms with van der Waals surface area (Å²) in [4.78, 5) is 22.4. The molecule has 2 rings (SSSR count). The van der Waals surface area contributed by atoms with Gasteiger partial charge in [0.25, 0.3) is 11.6 Å². The molecule has 104 valence electrons. The maximum Gasteiger partial charge on any atom is 0.271 e. The molecule has 2 aromatic rings. The van der Waals surface area contributed by atoms with E-state index in [4.69, 9.17) is 0 Å². The summed E-state index contributed by atoms with van der Waals surface area (Å²) in [5.41, 5.74) is 0.285. The molecule has 1 heterocycles. The van der Waals surface area contributed by atoms with E-state index in [9.17, 15) is 20.0 Å². The third-order valence-electron chi connectivity index (χ3n) is 2.54. The summed E-state index contributed by atoms with van der Waals surface area (Å²) >= 11 is 0.929. The van der Waals surface area contributed by atoms with Crippen LogP contribution in [0.3, 0.4) is 0 Å². The highest BCUT2D eigenvalue weighted by atomic mass is 32.1. The number of hydrogen-bond donors (Lipinski definition) is 2. The molecule has 1 aromatic carbocycles. The number of phenolic OH excluding ortho intramolecular Hbond substituents is 1. The van der Waals surface area contributed by atoms with Crippen LogP contribution in [0.2, 0.25) is 0 Å². The van der Waals surface area contributed by atoms with Crippen LogP contribution in [0.25, 0.3) is 0 Å². The van der Waals surface area contributed by atoms with Crippen molar-refractivity contribution in [3.8, 4) is 5.75 Å². The van der Waals surface area contributed by atoms with Gasteiger partial charge in [0.2, 0.25) is 0 Å². The van der Waals surface area contributed by atoms with Gasteiger partial charge in [-0.2, -0.15) is 0 Å². The van der Waals surface area contributed by atoms with Crippen molar-refractivity contribution in [2.24, 2.45) is 0 Å². The van der Waals surface area contributed by atoms with Gasteiger partial charge in [0.05, 0.1) is 16.3 Å². The molecule has 0 saturated heterocycles. The van der Waals surface area contributed by atoms with Crippen LogP contribution in [-0.2, 0) is 6.42 Å². The van der Waals surface area contributed by atoms with Gasteiger partial charge < -0.3 is 10.4 Å². The van der Waals surface area contributed by atoms with Crippen molar-refractivity contribution in [3.05, 3.63) is 38.9 Å². The molecule has 20 heavy (non-hydrogen) atoms. The zero-order valence-electron chi connectivity index (χ0n) is 10.4. The number of rotatable bonds is 4. The minimum Gasteiger partial charge on any atom is -0.506 e. The highest BCUT2D eigenvalue weighted by Crippen LogP contribution is 2.28. The maximum atomic E-state index is 12.0. The second-order valence-corrected chi connectivity index (χ2v) is 4.57. The lowest BCUT2D eigenvalue weighted by Gasteiger charge is -2.06. The summed E-state index contributed by atoms with van der Waals surface area (Å²) in [6.07, 6.45) is 0.542. The van der Waals surface area contributed by atoms with E-state index < -0.39 is 10.8 Å². The third kappa shape index (κ3) is 2.72. The van der Waals surface area contributed by atoms with Gasteiger partial charge >= 0.3 is 0 Å². The lowest BCUT2D eigenvalue weighted by Crippen LogP contribution is -2.12. The fourth-order valence-corrected chi connectivity index (χ4v) is 2.17. The molecule has 0 saturated carbocycles. The van der Waals surface area contributed by atoms with Gasteiger partial charge in [-0.3, -0.25) is 14.9 Å². The summed E-state index contributed by atoms with van der Waals surface area (Å²) in [6, 6.07) is 3.39. The average molecular weight is 294 g/mol. The zero-order valence-corrected chi connectivity index (χ0v) is 11.2. The van der Waals surface area contributed by atoms with Gasteiger partial charge in [-0.25, -0.2) is 0 Å². The molecule has 1 amide bonds. The van der Waals surface area contributed by atoms with E-state index in [-0.39, 0.29) is 17.1 Å². The molecule has 0 radical (unpaired) electrons. The van der Waals surface area contributed by atoms with Crippen molar-refractivity contribution in [2.75, 3.05) is 5.32 Å². The van der Waals surface area contributed by atoms with Crippen molar-refractivity contribution in [1.82, 2.24) is 9.59 Å². The number of phenols is 1. The lowest BCUT2D eigenvalue weighted by molar-refractivity contribution is -0.384. The number of nitro benzene ring substituents is 1. The van der Waals surface area contributed by atoms with E-state index in [0.29, 0.717) is 17.0 Å². The molecule has 1 aromatic heterocycles. The first-order valence-corrected chi connectivity index (χ1v) is 6.40. The minimum absolute atomic E-state index is 0.0281. The van der Waals surface area contributed by atoms with Gasteiger partial charge in [0, 0.05) is 12.1 Å². The Morgan fingerprint density at radius 1 is 1.55 bits per heavy atom. The number of anilines is 1. The third-order valence-corrected chi connectivity index (χ3v) is 3.30. The van der Waals surface area contributed by atoms with Gasteiger partial charge in [0.1, 0.15) is 10.6 Å². The first kappa shape index (κ1) is 13.9. The van der Waals surface area contributed by atoms with Crippen molar-refractivity contribution in [2.45, 2.75) is 13.3 Å². The second-order valence-electron chi connectivity index (χ2n) is 3.81. The van der Waals surface area contributed by atoms with Gasteiger partial charge in [-0.1, -0.05) is 11.4 Å². The summed E-state index contributed by atoms with van der Waals surface area (Å²) in [7, 11) is 0. The number of nitrogens with one attached hydrogen (secondary N) is 1. The Morgan fingerprint density at radius 3 is 2.95 bits per heavy atom. The molecule has 8 nitrogen and oxygen atoms in total. The van der Waals surface area contributed by atoms with Crippen LogP contribution in [0.5, 0.6) is 5.75 Å². The van der Waals surface area contributed by atoms with E-state index in [1.165, 1.54) is 0 Å². The van der Waals surface area contributed by atoms with E-state index in [2.05, 4.69) is 14.9 Å². The van der Waals surface area contributed by atoms with Gasteiger partial charge in [-0.15, -0.1) is 5.10 Å². The molecule has 0 aliphatic rings. The first-order chi connectivity index (χ1) is 9.52. The van der Waals surface area contributed by atoms with Crippen molar-refractivity contribution < 1.29 is 14.8 Å². The highest BCUT2D eigenvalue weighted by Gasteiger charge is 2.18. The van der Waals surface area contributed by atoms with Crippen molar-refractivity contribution >= 4 is 28.8 Å². The second kappa shape index (κ2) is 5.61. The normalized spacial score (nSPS) is 10.2. The lowest BCUT2D eigenvalue weighted by atomic mass is 10.2. The Kier molecular flexibility index (Phi) is 3.89. The molecule has 0 aliphatic heterocycles. The predicted molar refractivity (Wildman–Crippen MR) is 72.0 cm³/mol. The number of amides is 1. The van der Waals surface area contributed by atoms with E-state index in [1.54, 1.807) is 0 Å². The van der Waals surface area contributed by atoms with E-state index in [0.717, 1.165) is 29.7 Å². The van der Waals surface area contributed by atoms with Gasteiger partial charge in [-0.05, 0) is 24.0 Å². The van der Waals surface area contributed by atoms with E-state index >= 15 is 0 Å². The Labute approximate surface area is 117 Å². The number of aromatic nitrogens is 2. The molecular formula is C11H10N4O4S. The Balaban J connectivity index is 2.28. The molecule has 0 bridgehead atoms. The Morgan fingerprint density at radius 2 is 2.30 bits per heavy atom.